The van der Waals surface area contributed by atoms with Gasteiger partial charge in [0.1, 0.15) is 0 Å². The second kappa shape index (κ2) is 8.34. The summed E-state index contributed by atoms with van der Waals surface area (Å²) < 4.78 is 11.1. The molecular formula is C15H18N2O2. The van der Waals surface area contributed by atoms with E-state index in [1.54, 1.807) is 24.8 Å². The molecule has 4 nitrogen and oxygen atoms in total. The third-order valence-electron chi connectivity index (χ3n) is 2.61. The van der Waals surface area contributed by atoms with Gasteiger partial charge in [-0.1, -0.05) is 0 Å². The molecule has 2 aromatic rings. The maximum Gasteiger partial charge on any atom is 0.0717 e. The van der Waals surface area contributed by atoms with Crippen LogP contribution in [0, 0.1) is 0 Å². The molecule has 0 atom stereocenters. The second-order valence-electron chi connectivity index (χ2n) is 4.17. The lowest BCUT2D eigenvalue weighted by Gasteiger charge is -2.05. The molecule has 2 aromatic heterocycles. The predicted octanol–water partition coefficient (Wildman–Crippen LogP) is 2.60. The lowest BCUT2D eigenvalue weighted by molar-refractivity contribution is 0.0695. The number of nitrogens with zero attached hydrogens (tertiary/aromatic N) is 2. The zero-order valence-corrected chi connectivity index (χ0v) is 10.9. The minimum absolute atomic E-state index is 0.632. The number of rotatable bonds is 8. The van der Waals surface area contributed by atoms with Gasteiger partial charge in [0.2, 0.25) is 0 Å². The number of hydrogen-bond acceptors (Lipinski definition) is 4. The lowest BCUT2D eigenvalue weighted by atomic mass is 10.3. The number of pyridine rings is 2. The molecule has 0 spiro atoms. The molecule has 0 aliphatic rings. The van der Waals surface area contributed by atoms with Crippen LogP contribution >= 0.6 is 0 Å². The van der Waals surface area contributed by atoms with E-state index in [0.717, 1.165) is 17.5 Å². The van der Waals surface area contributed by atoms with Crippen molar-refractivity contribution in [3.8, 4) is 0 Å². The maximum absolute atomic E-state index is 5.55. The van der Waals surface area contributed by atoms with Crippen molar-refractivity contribution in [1.29, 1.82) is 0 Å². The fourth-order valence-electron chi connectivity index (χ4n) is 1.60. The van der Waals surface area contributed by atoms with Crippen LogP contribution in [-0.2, 0) is 22.7 Å². The van der Waals surface area contributed by atoms with Crippen molar-refractivity contribution in [2.45, 2.75) is 19.6 Å². The average molecular weight is 258 g/mol. The smallest absolute Gasteiger partial charge is 0.0717 e. The van der Waals surface area contributed by atoms with Crippen molar-refractivity contribution < 1.29 is 9.47 Å². The van der Waals surface area contributed by atoms with E-state index in [1.807, 2.05) is 24.3 Å². The van der Waals surface area contributed by atoms with E-state index >= 15 is 0 Å². The molecule has 2 heterocycles. The van der Waals surface area contributed by atoms with Crippen molar-refractivity contribution in [2.75, 3.05) is 13.2 Å². The zero-order chi connectivity index (χ0) is 13.2. The van der Waals surface area contributed by atoms with E-state index in [0.29, 0.717) is 26.4 Å². The van der Waals surface area contributed by atoms with E-state index in [2.05, 4.69) is 9.97 Å². The minimum Gasteiger partial charge on any atom is -0.377 e. The number of aromatic nitrogens is 2. The third-order valence-corrected chi connectivity index (χ3v) is 2.61. The molecule has 0 N–H and O–H groups in total. The van der Waals surface area contributed by atoms with Gasteiger partial charge >= 0.3 is 0 Å². The molecule has 0 saturated heterocycles. The Morgan fingerprint density at radius 1 is 0.684 bits per heavy atom. The highest BCUT2D eigenvalue weighted by molar-refractivity contribution is 5.08. The predicted molar refractivity (Wildman–Crippen MR) is 72.4 cm³/mol. The quantitative estimate of drug-likeness (QED) is 0.683. The second-order valence-corrected chi connectivity index (χ2v) is 4.17. The molecule has 0 aliphatic carbocycles. The highest BCUT2D eigenvalue weighted by Gasteiger charge is 1.94. The minimum atomic E-state index is 0.632. The first-order chi connectivity index (χ1) is 9.45. The Morgan fingerprint density at radius 3 is 1.53 bits per heavy atom. The summed E-state index contributed by atoms with van der Waals surface area (Å²) in [4.78, 5) is 7.93. The Kier molecular flexibility index (Phi) is 5.99. The van der Waals surface area contributed by atoms with Crippen LogP contribution in [0.15, 0.2) is 49.1 Å². The van der Waals surface area contributed by atoms with Gasteiger partial charge in [0.25, 0.3) is 0 Å². The summed E-state index contributed by atoms with van der Waals surface area (Å²) in [5.74, 6) is 0. The van der Waals surface area contributed by atoms with Crippen molar-refractivity contribution in [2.24, 2.45) is 0 Å². The Morgan fingerprint density at radius 2 is 1.11 bits per heavy atom. The highest BCUT2D eigenvalue weighted by atomic mass is 16.5. The third kappa shape index (κ3) is 5.59. The van der Waals surface area contributed by atoms with Gasteiger partial charge in [0, 0.05) is 38.0 Å². The lowest BCUT2D eigenvalue weighted by Crippen LogP contribution is -2.01. The molecule has 0 amide bonds. The van der Waals surface area contributed by atoms with E-state index in [1.165, 1.54) is 0 Å². The maximum atomic E-state index is 5.55. The van der Waals surface area contributed by atoms with Gasteiger partial charge in [-0.2, -0.15) is 0 Å². The van der Waals surface area contributed by atoms with Crippen LogP contribution in [0.4, 0.5) is 0 Å². The molecule has 0 radical (unpaired) electrons. The largest absolute Gasteiger partial charge is 0.377 e. The molecule has 0 fully saturated rings. The summed E-state index contributed by atoms with van der Waals surface area (Å²) in [6.45, 7) is 2.68. The Hall–Kier alpha value is -1.78. The van der Waals surface area contributed by atoms with Gasteiger partial charge in [0.05, 0.1) is 13.2 Å². The zero-order valence-electron chi connectivity index (χ0n) is 10.9. The van der Waals surface area contributed by atoms with Gasteiger partial charge in [-0.3, -0.25) is 9.97 Å². The molecule has 0 aliphatic heterocycles. The van der Waals surface area contributed by atoms with Crippen LogP contribution in [0.2, 0.25) is 0 Å². The first-order valence-corrected chi connectivity index (χ1v) is 6.38. The van der Waals surface area contributed by atoms with Crippen LogP contribution in [0.5, 0.6) is 0 Å². The van der Waals surface area contributed by atoms with Crippen LogP contribution in [0.1, 0.15) is 17.5 Å². The SMILES string of the molecule is c1cc(COCCCOCc2ccncc2)ccn1. The van der Waals surface area contributed by atoms with Crippen LogP contribution in [0.25, 0.3) is 0 Å². The Bertz CT molecular complexity index is 405. The van der Waals surface area contributed by atoms with Crippen molar-refractivity contribution >= 4 is 0 Å². The summed E-state index contributed by atoms with van der Waals surface area (Å²) in [7, 11) is 0. The van der Waals surface area contributed by atoms with E-state index in [9.17, 15) is 0 Å². The Balaban J connectivity index is 1.49. The molecule has 0 bridgehead atoms. The molecule has 100 valence electrons. The molecule has 2 rings (SSSR count). The summed E-state index contributed by atoms with van der Waals surface area (Å²) in [5.41, 5.74) is 2.29. The van der Waals surface area contributed by atoms with Crippen molar-refractivity contribution in [3.05, 3.63) is 60.2 Å². The Labute approximate surface area is 113 Å². The van der Waals surface area contributed by atoms with Crippen LogP contribution in [0.3, 0.4) is 0 Å². The fourth-order valence-corrected chi connectivity index (χ4v) is 1.60. The van der Waals surface area contributed by atoms with E-state index < -0.39 is 0 Å². The summed E-state index contributed by atoms with van der Waals surface area (Å²) in [6.07, 6.45) is 8.00. The topological polar surface area (TPSA) is 44.2 Å². The van der Waals surface area contributed by atoms with Crippen LogP contribution < -0.4 is 0 Å². The summed E-state index contributed by atoms with van der Waals surface area (Å²) >= 11 is 0. The first-order valence-electron chi connectivity index (χ1n) is 6.38. The van der Waals surface area contributed by atoms with Gasteiger partial charge in [-0.25, -0.2) is 0 Å². The van der Waals surface area contributed by atoms with Gasteiger partial charge in [-0.15, -0.1) is 0 Å². The molecule has 19 heavy (non-hydrogen) atoms. The monoisotopic (exact) mass is 258 g/mol. The molecular weight excluding hydrogens is 240 g/mol. The van der Waals surface area contributed by atoms with Gasteiger partial charge < -0.3 is 9.47 Å². The first kappa shape index (κ1) is 13.6. The number of hydrogen-bond donors (Lipinski definition) is 0. The summed E-state index contributed by atoms with van der Waals surface area (Å²) in [6, 6.07) is 7.83. The van der Waals surface area contributed by atoms with Gasteiger partial charge in [0.15, 0.2) is 0 Å². The molecule has 0 unspecified atom stereocenters. The molecule has 0 saturated carbocycles. The standard InChI is InChI=1S/C15H18N2O2/c1(10-18-12-14-2-6-16-7-3-14)11-19-13-15-4-8-17-9-5-15/h2-9H,1,10-13H2. The van der Waals surface area contributed by atoms with E-state index in [-0.39, 0.29) is 0 Å². The molecule has 4 heteroatoms. The van der Waals surface area contributed by atoms with Gasteiger partial charge in [-0.05, 0) is 41.8 Å². The summed E-state index contributed by atoms with van der Waals surface area (Å²) in [5, 5.41) is 0. The normalized spacial score (nSPS) is 10.5. The van der Waals surface area contributed by atoms with Crippen molar-refractivity contribution in [1.82, 2.24) is 9.97 Å². The van der Waals surface area contributed by atoms with Crippen LogP contribution in [-0.4, -0.2) is 23.2 Å². The fraction of sp³-hybridized carbons (Fsp3) is 0.333. The van der Waals surface area contributed by atoms with Crippen molar-refractivity contribution in [3.63, 3.8) is 0 Å². The molecule has 0 aromatic carbocycles. The highest BCUT2D eigenvalue weighted by Crippen LogP contribution is 2.01. The van der Waals surface area contributed by atoms with E-state index in [4.69, 9.17) is 9.47 Å². The average Bonchev–Trinajstić information content (AvgIpc) is 2.48. The number of ether oxygens (including phenoxy) is 2.